The maximum Gasteiger partial charge on any atom is 0.275 e. The Hall–Kier alpha value is -1.17. The van der Waals surface area contributed by atoms with E-state index in [4.69, 9.17) is 16.7 Å². The summed E-state index contributed by atoms with van der Waals surface area (Å²) in [5, 5.41) is 22.7. The minimum atomic E-state index is -0.449. The number of benzene rings is 1. The molecule has 1 aromatic carbocycles. The first-order valence-electron chi connectivity index (χ1n) is 4.90. The van der Waals surface area contributed by atoms with Gasteiger partial charge in [0.2, 0.25) is 0 Å². The summed E-state index contributed by atoms with van der Waals surface area (Å²) < 4.78 is 0. The van der Waals surface area contributed by atoms with Gasteiger partial charge in [0.05, 0.1) is 15.5 Å². The van der Waals surface area contributed by atoms with Crippen LogP contribution in [0.2, 0.25) is 5.02 Å². The summed E-state index contributed by atoms with van der Waals surface area (Å²) >= 11 is 5.89. The van der Waals surface area contributed by atoms with Crippen molar-refractivity contribution in [2.24, 2.45) is 0 Å². The number of nitro benzene ring substituents is 1. The van der Waals surface area contributed by atoms with E-state index in [1.807, 2.05) is 0 Å². The number of hydrogen-bond acceptors (Lipinski definition) is 4. The minimum absolute atomic E-state index is 0.0176. The fourth-order valence-electron chi connectivity index (χ4n) is 1.31. The van der Waals surface area contributed by atoms with Gasteiger partial charge in [-0.25, -0.2) is 0 Å². The van der Waals surface area contributed by atoms with Gasteiger partial charge in [0, 0.05) is 19.2 Å². The van der Waals surface area contributed by atoms with Crippen molar-refractivity contribution in [1.82, 2.24) is 5.32 Å². The van der Waals surface area contributed by atoms with E-state index in [9.17, 15) is 10.1 Å². The van der Waals surface area contributed by atoms with Gasteiger partial charge in [0.25, 0.3) is 5.69 Å². The molecule has 88 valence electrons. The van der Waals surface area contributed by atoms with Gasteiger partial charge >= 0.3 is 0 Å². The van der Waals surface area contributed by atoms with Crippen LogP contribution in [0, 0.1) is 10.1 Å². The quantitative estimate of drug-likeness (QED) is 0.454. The highest BCUT2D eigenvalue weighted by atomic mass is 35.5. The molecule has 0 unspecified atom stereocenters. The monoisotopic (exact) mass is 244 g/mol. The second-order valence-corrected chi connectivity index (χ2v) is 3.66. The lowest BCUT2D eigenvalue weighted by molar-refractivity contribution is -0.385. The number of aliphatic hydroxyl groups excluding tert-OH is 1. The second-order valence-electron chi connectivity index (χ2n) is 3.25. The third-order valence-electron chi connectivity index (χ3n) is 2.10. The van der Waals surface area contributed by atoms with E-state index < -0.39 is 4.92 Å². The molecule has 1 rings (SSSR count). The molecule has 0 aliphatic carbocycles. The van der Waals surface area contributed by atoms with Gasteiger partial charge < -0.3 is 10.4 Å². The highest BCUT2D eigenvalue weighted by Crippen LogP contribution is 2.25. The third kappa shape index (κ3) is 3.44. The molecule has 0 aromatic heterocycles. The Kier molecular flexibility index (Phi) is 5.18. The van der Waals surface area contributed by atoms with Gasteiger partial charge in [-0.15, -0.1) is 0 Å². The molecule has 6 heteroatoms. The first-order valence-corrected chi connectivity index (χ1v) is 5.28. The second kappa shape index (κ2) is 6.42. The number of nitro groups is 1. The van der Waals surface area contributed by atoms with E-state index in [1.54, 1.807) is 12.1 Å². The summed E-state index contributed by atoms with van der Waals surface area (Å²) in [4.78, 5) is 10.3. The van der Waals surface area contributed by atoms with Crippen LogP contribution >= 0.6 is 11.6 Å². The molecule has 0 radical (unpaired) electrons. The Morgan fingerprint density at radius 1 is 1.50 bits per heavy atom. The third-order valence-corrected chi connectivity index (χ3v) is 2.46. The molecule has 0 saturated carbocycles. The Balaban J connectivity index is 2.73. The first-order chi connectivity index (χ1) is 7.66. The van der Waals surface area contributed by atoms with Crippen molar-refractivity contribution in [1.29, 1.82) is 0 Å². The van der Waals surface area contributed by atoms with Gasteiger partial charge in [-0.1, -0.05) is 17.7 Å². The zero-order chi connectivity index (χ0) is 12.0. The largest absolute Gasteiger partial charge is 0.396 e. The van der Waals surface area contributed by atoms with E-state index in [0.717, 1.165) is 0 Å². The predicted molar refractivity (Wildman–Crippen MR) is 61.5 cm³/mol. The first kappa shape index (κ1) is 12.9. The smallest absolute Gasteiger partial charge is 0.275 e. The van der Waals surface area contributed by atoms with Gasteiger partial charge in [-0.2, -0.15) is 0 Å². The van der Waals surface area contributed by atoms with Crippen molar-refractivity contribution in [3.63, 3.8) is 0 Å². The number of aliphatic hydroxyl groups is 1. The fraction of sp³-hybridized carbons (Fsp3) is 0.400. The molecule has 0 atom stereocenters. The molecule has 0 fully saturated rings. The van der Waals surface area contributed by atoms with E-state index in [0.29, 0.717) is 30.1 Å². The Labute approximate surface area is 98.2 Å². The summed E-state index contributed by atoms with van der Waals surface area (Å²) in [6.07, 6.45) is 0.609. The van der Waals surface area contributed by atoms with Crippen molar-refractivity contribution in [2.45, 2.75) is 13.0 Å². The Morgan fingerprint density at radius 2 is 2.25 bits per heavy atom. The molecule has 2 N–H and O–H groups in total. The van der Waals surface area contributed by atoms with Crippen LogP contribution in [0.3, 0.4) is 0 Å². The van der Waals surface area contributed by atoms with Crippen LogP contribution in [0.25, 0.3) is 0 Å². The molecule has 0 aliphatic heterocycles. The summed E-state index contributed by atoms with van der Waals surface area (Å²) in [6, 6.07) is 4.60. The topological polar surface area (TPSA) is 75.4 Å². The number of halogens is 1. The van der Waals surface area contributed by atoms with Crippen LogP contribution in [0.1, 0.15) is 12.0 Å². The molecule has 5 nitrogen and oxygen atoms in total. The van der Waals surface area contributed by atoms with E-state index in [2.05, 4.69) is 5.32 Å². The van der Waals surface area contributed by atoms with Crippen molar-refractivity contribution in [3.05, 3.63) is 38.9 Å². The van der Waals surface area contributed by atoms with Gasteiger partial charge in [-0.05, 0) is 19.0 Å². The average Bonchev–Trinajstić information content (AvgIpc) is 2.25. The van der Waals surface area contributed by atoms with E-state index in [-0.39, 0.29) is 12.3 Å². The SMILES string of the molecule is O=[N+]([O-])c1cccc(Cl)c1CNCCCO. The van der Waals surface area contributed by atoms with Gasteiger partial charge in [0.1, 0.15) is 0 Å². The summed E-state index contributed by atoms with van der Waals surface area (Å²) in [5.41, 5.74) is 0.496. The van der Waals surface area contributed by atoms with E-state index >= 15 is 0 Å². The molecule has 1 aromatic rings. The maximum atomic E-state index is 10.7. The van der Waals surface area contributed by atoms with Crippen LogP contribution < -0.4 is 5.32 Å². The lowest BCUT2D eigenvalue weighted by atomic mass is 10.2. The predicted octanol–water partition coefficient (Wildman–Crippen LogP) is 1.72. The number of rotatable bonds is 6. The van der Waals surface area contributed by atoms with Crippen molar-refractivity contribution in [3.8, 4) is 0 Å². The van der Waals surface area contributed by atoms with Crippen molar-refractivity contribution < 1.29 is 10.0 Å². The lowest BCUT2D eigenvalue weighted by Gasteiger charge is -2.06. The van der Waals surface area contributed by atoms with Gasteiger partial charge in [-0.3, -0.25) is 10.1 Å². The molecule has 0 aliphatic rings. The molecule has 0 amide bonds. The molecule has 0 bridgehead atoms. The molecule has 0 saturated heterocycles. The van der Waals surface area contributed by atoms with E-state index in [1.165, 1.54) is 6.07 Å². The number of nitrogens with zero attached hydrogens (tertiary/aromatic N) is 1. The maximum absolute atomic E-state index is 10.7. The summed E-state index contributed by atoms with van der Waals surface area (Å²) in [7, 11) is 0. The molecule has 0 spiro atoms. The van der Waals surface area contributed by atoms with Crippen LogP contribution in [-0.4, -0.2) is 23.2 Å². The lowest BCUT2D eigenvalue weighted by Crippen LogP contribution is -2.16. The van der Waals surface area contributed by atoms with Crippen LogP contribution in [-0.2, 0) is 6.54 Å². The van der Waals surface area contributed by atoms with Crippen LogP contribution in [0.4, 0.5) is 5.69 Å². The highest BCUT2D eigenvalue weighted by Gasteiger charge is 2.15. The average molecular weight is 245 g/mol. The Morgan fingerprint density at radius 3 is 2.88 bits per heavy atom. The molecule has 0 heterocycles. The molecular weight excluding hydrogens is 232 g/mol. The number of nitrogens with one attached hydrogen (secondary N) is 1. The summed E-state index contributed by atoms with van der Waals surface area (Å²) in [5.74, 6) is 0. The van der Waals surface area contributed by atoms with Gasteiger partial charge in [0.15, 0.2) is 0 Å². The number of hydrogen-bond donors (Lipinski definition) is 2. The molecule has 16 heavy (non-hydrogen) atoms. The highest BCUT2D eigenvalue weighted by molar-refractivity contribution is 6.31. The normalized spacial score (nSPS) is 10.4. The zero-order valence-corrected chi connectivity index (χ0v) is 9.41. The standard InChI is InChI=1S/C10H13ClN2O3/c11-9-3-1-4-10(13(15)16)8(9)7-12-5-2-6-14/h1,3-4,12,14H,2,5-7H2. The minimum Gasteiger partial charge on any atom is -0.396 e. The fourth-order valence-corrected chi connectivity index (χ4v) is 1.55. The zero-order valence-electron chi connectivity index (χ0n) is 8.65. The summed E-state index contributed by atoms with van der Waals surface area (Å²) in [6.45, 7) is 1.02. The van der Waals surface area contributed by atoms with Crippen LogP contribution in [0.5, 0.6) is 0 Å². The van der Waals surface area contributed by atoms with Crippen molar-refractivity contribution in [2.75, 3.05) is 13.2 Å². The van der Waals surface area contributed by atoms with Crippen LogP contribution in [0.15, 0.2) is 18.2 Å². The molecular formula is C10H13ClN2O3. The Bertz CT molecular complexity index is 371. The van der Waals surface area contributed by atoms with Crippen molar-refractivity contribution >= 4 is 17.3 Å².